The molecule has 0 atom stereocenters. The molecule has 170 valence electrons. The van der Waals surface area contributed by atoms with Crippen LogP contribution in [0.2, 0.25) is 0 Å². The molecule has 1 saturated heterocycles. The monoisotopic (exact) mass is 463 g/mol. The van der Waals surface area contributed by atoms with E-state index in [1.54, 1.807) is 13.8 Å². The molecular weight excluding hydrogens is 440 g/mol. The number of piperidine rings is 1. The molecule has 11 heteroatoms. The molecular formula is C21H23F2N5O3S. The van der Waals surface area contributed by atoms with E-state index in [1.165, 1.54) is 11.3 Å². The van der Waals surface area contributed by atoms with E-state index in [0.29, 0.717) is 5.13 Å². The van der Waals surface area contributed by atoms with Crippen molar-refractivity contribution in [3.63, 3.8) is 0 Å². The van der Waals surface area contributed by atoms with Crippen molar-refractivity contribution < 1.29 is 13.6 Å². The van der Waals surface area contributed by atoms with Gasteiger partial charge >= 0.3 is 5.69 Å². The van der Waals surface area contributed by atoms with Gasteiger partial charge in [-0.3, -0.25) is 18.7 Å². The average molecular weight is 464 g/mol. The van der Waals surface area contributed by atoms with E-state index < -0.39 is 41.4 Å². The van der Waals surface area contributed by atoms with Crippen molar-refractivity contribution in [2.75, 3.05) is 23.3 Å². The number of amides is 1. The third-order valence-corrected chi connectivity index (χ3v) is 6.44. The van der Waals surface area contributed by atoms with E-state index in [1.807, 2.05) is 0 Å². The highest BCUT2D eigenvalue weighted by Crippen LogP contribution is 2.28. The molecule has 0 bridgehead atoms. The Labute approximate surface area is 186 Å². The lowest BCUT2D eigenvalue weighted by Crippen LogP contribution is -2.42. The van der Waals surface area contributed by atoms with Crippen molar-refractivity contribution >= 4 is 38.4 Å². The first-order valence-corrected chi connectivity index (χ1v) is 11.2. The van der Waals surface area contributed by atoms with Crippen LogP contribution in [0.15, 0.2) is 27.8 Å². The Balaban J connectivity index is 1.77. The zero-order valence-corrected chi connectivity index (χ0v) is 18.5. The number of thiazole rings is 1. The van der Waals surface area contributed by atoms with Crippen LogP contribution >= 0.6 is 11.3 Å². The predicted octanol–water partition coefficient (Wildman–Crippen LogP) is 3.11. The van der Waals surface area contributed by atoms with Crippen molar-refractivity contribution in [3.8, 4) is 0 Å². The summed E-state index contributed by atoms with van der Waals surface area (Å²) in [5.41, 5.74) is -1.34. The fourth-order valence-corrected chi connectivity index (χ4v) is 4.84. The van der Waals surface area contributed by atoms with Crippen LogP contribution in [0.3, 0.4) is 0 Å². The van der Waals surface area contributed by atoms with Gasteiger partial charge in [-0.15, -0.1) is 0 Å². The van der Waals surface area contributed by atoms with Crippen LogP contribution in [0.1, 0.15) is 39.2 Å². The molecule has 0 aliphatic carbocycles. The molecule has 1 amide bonds. The van der Waals surface area contributed by atoms with Gasteiger partial charge in [0.15, 0.2) is 10.8 Å². The summed E-state index contributed by atoms with van der Waals surface area (Å²) in [6, 6.07) is 2.27. The van der Waals surface area contributed by atoms with Crippen molar-refractivity contribution in [1.29, 1.82) is 0 Å². The lowest BCUT2D eigenvalue weighted by Gasteiger charge is -2.25. The number of carbonyl (C=O) groups excluding carboxylic acids is 1. The van der Waals surface area contributed by atoms with Crippen LogP contribution in [0.25, 0.3) is 10.3 Å². The summed E-state index contributed by atoms with van der Waals surface area (Å²) in [6.45, 7) is 4.52. The van der Waals surface area contributed by atoms with Gasteiger partial charge in [-0.2, -0.15) is 0 Å². The van der Waals surface area contributed by atoms with Gasteiger partial charge in [0.2, 0.25) is 5.91 Å². The SMILES string of the molecule is CC(C)n1c(=O)c2sc(N3CCCCC3)nc2n(CC(=O)Nc2cc(F)ccc2F)c1=O. The van der Waals surface area contributed by atoms with Gasteiger partial charge in [-0.1, -0.05) is 11.3 Å². The van der Waals surface area contributed by atoms with Crippen molar-refractivity contribution in [2.45, 2.75) is 45.7 Å². The van der Waals surface area contributed by atoms with E-state index in [9.17, 15) is 23.2 Å². The number of benzene rings is 1. The summed E-state index contributed by atoms with van der Waals surface area (Å²) in [6.07, 6.45) is 3.16. The normalized spacial score (nSPS) is 14.3. The van der Waals surface area contributed by atoms with Gasteiger partial charge < -0.3 is 10.2 Å². The van der Waals surface area contributed by atoms with E-state index in [2.05, 4.69) is 15.2 Å². The van der Waals surface area contributed by atoms with Crippen LogP contribution in [0.4, 0.5) is 19.6 Å². The smallest absolute Gasteiger partial charge is 0.333 e. The number of aromatic nitrogens is 3. The van der Waals surface area contributed by atoms with E-state index in [4.69, 9.17) is 0 Å². The Bertz CT molecular complexity index is 1290. The van der Waals surface area contributed by atoms with Crippen LogP contribution in [-0.2, 0) is 11.3 Å². The Morgan fingerprint density at radius 3 is 2.59 bits per heavy atom. The molecule has 0 saturated carbocycles. The van der Waals surface area contributed by atoms with E-state index in [-0.39, 0.29) is 16.0 Å². The van der Waals surface area contributed by atoms with Gasteiger partial charge in [-0.25, -0.2) is 18.6 Å². The van der Waals surface area contributed by atoms with Crippen molar-refractivity contribution in [1.82, 2.24) is 14.1 Å². The third-order valence-electron chi connectivity index (χ3n) is 5.35. The summed E-state index contributed by atoms with van der Waals surface area (Å²) in [5.74, 6) is -2.25. The van der Waals surface area contributed by atoms with E-state index >= 15 is 0 Å². The number of hydrogen-bond acceptors (Lipinski definition) is 6. The van der Waals surface area contributed by atoms with Gasteiger partial charge in [0.1, 0.15) is 22.9 Å². The minimum atomic E-state index is -0.801. The number of anilines is 2. The second-order valence-corrected chi connectivity index (χ2v) is 8.98. The number of hydrogen-bond donors (Lipinski definition) is 1. The quantitative estimate of drug-likeness (QED) is 0.628. The molecule has 3 heterocycles. The van der Waals surface area contributed by atoms with Crippen LogP contribution in [0, 0.1) is 11.6 Å². The van der Waals surface area contributed by atoms with E-state index in [0.717, 1.165) is 59.7 Å². The molecule has 1 aliphatic heterocycles. The largest absolute Gasteiger partial charge is 0.348 e. The average Bonchev–Trinajstić information content (AvgIpc) is 3.20. The molecule has 0 spiro atoms. The molecule has 0 unspecified atom stereocenters. The standard InChI is InChI=1S/C21H23F2N5O3S/c1-12(2)28-19(30)17-18(25-20(32-17)26-8-4-3-5-9-26)27(21(28)31)11-16(29)24-15-10-13(22)6-7-14(15)23/h6-7,10,12H,3-5,8-9,11H2,1-2H3,(H,24,29). The second-order valence-electron chi connectivity index (χ2n) is 8.01. The highest BCUT2D eigenvalue weighted by Gasteiger charge is 2.23. The van der Waals surface area contributed by atoms with Crippen LogP contribution < -0.4 is 21.5 Å². The molecule has 4 rings (SSSR count). The summed E-state index contributed by atoms with van der Waals surface area (Å²) in [5, 5.41) is 2.92. The number of carbonyl (C=O) groups is 1. The zero-order valence-electron chi connectivity index (χ0n) is 17.7. The van der Waals surface area contributed by atoms with Crippen molar-refractivity contribution in [3.05, 3.63) is 50.7 Å². The minimum absolute atomic E-state index is 0.123. The van der Waals surface area contributed by atoms with Gasteiger partial charge in [0.05, 0.1) is 5.69 Å². The third kappa shape index (κ3) is 4.16. The topological polar surface area (TPSA) is 89.2 Å². The molecule has 32 heavy (non-hydrogen) atoms. The lowest BCUT2D eigenvalue weighted by molar-refractivity contribution is -0.116. The molecule has 1 fully saturated rings. The maximum Gasteiger partial charge on any atom is 0.333 e. The number of nitrogens with zero attached hydrogens (tertiary/aromatic N) is 4. The zero-order chi connectivity index (χ0) is 23.0. The molecule has 1 aromatic carbocycles. The Morgan fingerprint density at radius 1 is 1.19 bits per heavy atom. The fraction of sp³-hybridized carbons (Fsp3) is 0.429. The lowest BCUT2D eigenvalue weighted by atomic mass is 10.1. The Hall–Kier alpha value is -3.08. The summed E-state index contributed by atoms with van der Waals surface area (Å²) >= 11 is 1.20. The molecule has 2 aromatic heterocycles. The molecule has 1 aliphatic rings. The maximum absolute atomic E-state index is 13.9. The van der Waals surface area contributed by atoms with Crippen molar-refractivity contribution in [2.24, 2.45) is 0 Å². The highest BCUT2D eigenvalue weighted by atomic mass is 32.1. The number of nitrogens with one attached hydrogen (secondary N) is 1. The highest BCUT2D eigenvalue weighted by molar-refractivity contribution is 7.22. The number of halogens is 2. The summed E-state index contributed by atoms with van der Waals surface area (Å²) in [4.78, 5) is 45.3. The van der Waals surface area contributed by atoms with Crippen LogP contribution in [-0.4, -0.2) is 33.1 Å². The fourth-order valence-electron chi connectivity index (χ4n) is 3.79. The first-order chi connectivity index (χ1) is 15.3. The first kappa shape index (κ1) is 22.1. The first-order valence-electron chi connectivity index (χ1n) is 10.4. The van der Waals surface area contributed by atoms with Gasteiger partial charge in [0, 0.05) is 25.2 Å². The summed E-state index contributed by atoms with van der Waals surface area (Å²) in [7, 11) is 0. The molecule has 0 radical (unpaired) electrons. The number of rotatable bonds is 5. The molecule has 8 nitrogen and oxygen atoms in total. The minimum Gasteiger partial charge on any atom is -0.348 e. The Kier molecular flexibility index (Phi) is 6.09. The predicted molar refractivity (Wildman–Crippen MR) is 120 cm³/mol. The molecule has 3 aromatic rings. The van der Waals surface area contributed by atoms with Gasteiger partial charge in [0.25, 0.3) is 5.56 Å². The maximum atomic E-state index is 13.9. The number of fused-ring (bicyclic) bond motifs is 1. The Morgan fingerprint density at radius 2 is 1.91 bits per heavy atom. The molecule has 1 N–H and O–H groups in total. The van der Waals surface area contributed by atoms with Crippen LogP contribution in [0.5, 0.6) is 0 Å². The van der Waals surface area contributed by atoms with Gasteiger partial charge in [-0.05, 0) is 45.2 Å². The second kappa shape index (κ2) is 8.81. The summed E-state index contributed by atoms with van der Waals surface area (Å²) < 4.78 is 29.8.